The second-order valence-corrected chi connectivity index (χ2v) is 7.42. The Morgan fingerprint density at radius 3 is 2.45 bits per heavy atom. The molecule has 0 amide bonds. The molecule has 2 atom stereocenters. The van der Waals surface area contributed by atoms with E-state index in [0.717, 1.165) is 39.6 Å². The Labute approximate surface area is 181 Å². The number of fused-ring (bicyclic) bond motifs is 3. The maximum absolute atomic E-state index is 8.96. The van der Waals surface area contributed by atoms with Crippen LogP contribution >= 0.6 is 0 Å². The number of nitrogens with one attached hydrogen (secondary N) is 1. The molecule has 2 aliphatic heterocycles. The minimum absolute atomic E-state index is 0.0105. The second kappa shape index (κ2) is 8.34. The van der Waals surface area contributed by atoms with Crippen molar-refractivity contribution < 1.29 is 19.3 Å². The zero-order chi connectivity index (χ0) is 21.2. The zero-order valence-corrected chi connectivity index (χ0v) is 17.2. The first-order valence-corrected chi connectivity index (χ1v) is 10.3. The van der Waals surface area contributed by atoms with Crippen LogP contribution < -0.4 is 19.6 Å². The van der Waals surface area contributed by atoms with E-state index in [4.69, 9.17) is 19.3 Å². The van der Waals surface area contributed by atoms with Gasteiger partial charge >= 0.3 is 0 Å². The van der Waals surface area contributed by atoms with Gasteiger partial charge in [0.2, 0.25) is 0 Å². The van der Waals surface area contributed by atoms with Crippen LogP contribution in [0.5, 0.6) is 17.2 Å². The van der Waals surface area contributed by atoms with E-state index in [1.54, 1.807) is 7.11 Å². The molecule has 2 N–H and O–H groups in total. The van der Waals surface area contributed by atoms with E-state index in [0.29, 0.717) is 0 Å². The molecular weight excluding hydrogens is 392 g/mol. The minimum atomic E-state index is -0.307. The van der Waals surface area contributed by atoms with Crippen LogP contribution in [0.4, 0.5) is 0 Å². The third-order valence-electron chi connectivity index (χ3n) is 5.53. The van der Waals surface area contributed by atoms with Crippen molar-refractivity contribution in [2.75, 3.05) is 20.3 Å². The van der Waals surface area contributed by atoms with Crippen molar-refractivity contribution in [3.05, 3.63) is 95.6 Å². The number of hydrogen-bond donors (Lipinski definition) is 2. The Morgan fingerprint density at radius 1 is 0.968 bits per heavy atom. The van der Waals surface area contributed by atoms with E-state index in [1.165, 1.54) is 0 Å². The maximum Gasteiger partial charge on any atom is 0.195 e. The van der Waals surface area contributed by atoms with E-state index >= 15 is 0 Å². The average Bonchev–Trinajstić information content (AvgIpc) is 3.28. The Morgan fingerprint density at radius 2 is 1.71 bits per heavy atom. The topological polar surface area (TPSA) is 63.2 Å². The number of methoxy groups -OCH3 is 1. The Balaban J connectivity index is 1.47. The Hall–Kier alpha value is -3.48. The smallest absolute Gasteiger partial charge is 0.195 e. The molecule has 6 heteroatoms. The van der Waals surface area contributed by atoms with Crippen molar-refractivity contribution in [1.82, 2.24) is 10.4 Å². The summed E-state index contributed by atoms with van der Waals surface area (Å²) in [5, 5.41) is 11.1. The molecule has 31 heavy (non-hydrogen) atoms. The van der Waals surface area contributed by atoms with Crippen molar-refractivity contribution >= 4 is 5.70 Å². The van der Waals surface area contributed by atoms with Gasteiger partial charge in [-0.05, 0) is 54.1 Å². The van der Waals surface area contributed by atoms with E-state index in [2.05, 4.69) is 22.6 Å². The number of benzene rings is 3. The molecule has 0 fully saturated rings. The number of rotatable bonds is 6. The number of hydrazine groups is 1. The highest BCUT2D eigenvalue weighted by atomic mass is 16.5. The molecule has 158 valence electrons. The van der Waals surface area contributed by atoms with Gasteiger partial charge in [0, 0.05) is 11.1 Å². The molecule has 2 aliphatic rings. The summed E-state index contributed by atoms with van der Waals surface area (Å²) in [7, 11) is 1.67. The monoisotopic (exact) mass is 416 g/mol. The van der Waals surface area contributed by atoms with Crippen LogP contribution in [0.3, 0.4) is 0 Å². The molecule has 0 aromatic heterocycles. The van der Waals surface area contributed by atoms with Gasteiger partial charge in [0.25, 0.3) is 0 Å². The summed E-state index contributed by atoms with van der Waals surface area (Å²) in [6.45, 7) is 0.265. The molecule has 6 nitrogen and oxygen atoms in total. The van der Waals surface area contributed by atoms with E-state index in [9.17, 15) is 0 Å². The lowest BCUT2D eigenvalue weighted by Crippen LogP contribution is -2.43. The highest BCUT2D eigenvalue weighted by Gasteiger charge is 2.40. The first-order chi connectivity index (χ1) is 15.3. The number of nitrogens with zero attached hydrogens (tertiary/aromatic N) is 1. The molecule has 0 spiro atoms. The summed E-state index contributed by atoms with van der Waals surface area (Å²) in [5.41, 5.74) is 7.79. The van der Waals surface area contributed by atoms with Crippen molar-refractivity contribution in [2.24, 2.45) is 0 Å². The van der Waals surface area contributed by atoms with Crippen LogP contribution in [-0.2, 0) is 0 Å². The van der Waals surface area contributed by atoms with Crippen molar-refractivity contribution in [3.8, 4) is 17.2 Å². The van der Waals surface area contributed by atoms with E-state index in [-0.39, 0.29) is 25.5 Å². The molecule has 2 heterocycles. The fourth-order valence-corrected chi connectivity index (χ4v) is 3.99. The summed E-state index contributed by atoms with van der Waals surface area (Å²) >= 11 is 0. The Kier molecular flexibility index (Phi) is 5.24. The predicted molar refractivity (Wildman–Crippen MR) is 118 cm³/mol. The summed E-state index contributed by atoms with van der Waals surface area (Å²) < 4.78 is 17.2. The molecule has 0 radical (unpaired) electrons. The van der Waals surface area contributed by atoms with Crippen LogP contribution in [0, 0.1) is 0 Å². The van der Waals surface area contributed by atoms with Crippen LogP contribution in [0.1, 0.15) is 29.0 Å². The van der Waals surface area contributed by atoms with Gasteiger partial charge in [0.1, 0.15) is 23.9 Å². The van der Waals surface area contributed by atoms with Crippen LogP contribution in [0.15, 0.2) is 78.9 Å². The number of aliphatic hydroxyl groups excluding tert-OH is 1. The summed E-state index contributed by atoms with van der Waals surface area (Å²) in [5.74, 6) is 2.43. The second-order valence-electron chi connectivity index (χ2n) is 7.42. The van der Waals surface area contributed by atoms with Gasteiger partial charge in [0.15, 0.2) is 6.23 Å². The lowest BCUT2D eigenvalue weighted by molar-refractivity contribution is -0.0326. The van der Waals surface area contributed by atoms with E-state index in [1.807, 2.05) is 66.7 Å². The van der Waals surface area contributed by atoms with Crippen molar-refractivity contribution in [2.45, 2.75) is 12.3 Å². The molecule has 3 aromatic rings. The summed E-state index contributed by atoms with van der Waals surface area (Å²) in [6.07, 6.45) is 1.92. The maximum atomic E-state index is 8.96. The highest BCUT2D eigenvalue weighted by molar-refractivity contribution is 5.68. The van der Waals surface area contributed by atoms with Gasteiger partial charge in [-0.25, -0.2) is 0 Å². The van der Waals surface area contributed by atoms with Gasteiger partial charge in [-0.2, -0.15) is 5.01 Å². The number of para-hydroxylation sites is 1. The largest absolute Gasteiger partial charge is 0.497 e. The van der Waals surface area contributed by atoms with Crippen LogP contribution in [0.2, 0.25) is 0 Å². The van der Waals surface area contributed by atoms with Crippen LogP contribution in [0.25, 0.3) is 5.70 Å². The number of aliphatic hydroxyl groups is 1. The predicted octanol–water partition coefficient (Wildman–Crippen LogP) is 4.06. The molecular formula is C25H24N2O4. The highest BCUT2D eigenvalue weighted by Crippen LogP contribution is 2.46. The lowest BCUT2D eigenvalue weighted by atomic mass is 10.0. The normalized spacial score (nSPS) is 19.5. The molecule has 3 aromatic carbocycles. The average molecular weight is 416 g/mol. The molecule has 0 bridgehead atoms. The van der Waals surface area contributed by atoms with Gasteiger partial charge in [-0.3, -0.25) is 0 Å². The van der Waals surface area contributed by atoms with Crippen molar-refractivity contribution in [1.29, 1.82) is 0 Å². The lowest BCUT2D eigenvalue weighted by Gasteiger charge is -2.39. The zero-order valence-electron chi connectivity index (χ0n) is 17.2. The Bertz CT molecular complexity index is 1080. The molecule has 0 saturated carbocycles. The number of hydrogen-bond acceptors (Lipinski definition) is 6. The molecule has 0 aliphatic carbocycles. The van der Waals surface area contributed by atoms with Gasteiger partial charge < -0.3 is 24.7 Å². The summed E-state index contributed by atoms with van der Waals surface area (Å²) in [4.78, 5) is 0. The fraction of sp³-hybridized carbons (Fsp3) is 0.200. The van der Waals surface area contributed by atoms with Gasteiger partial charge in [0.05, 0.1) is 25.5 Å². The quantitative estimate of drug-likeness (QED) is 0.632. The van der Waals surface area contributed by atoms with Crippen LogP contribution in [-0.4, -0.2) is 30.4 Å². The number of ether oxygens (including phenoxy) is 3. The molecule has 0 unspecified atom stereocenters. The van der Waals surface area contributed by atoms with Gasteiger partial charge in [-0.1, -0.05) is 30.3 Å². The SMILES string of the molecule is COc1ccc(C2=C[C@@H]3c4ccccc4O[C@@H](c4ccc(OCCO)cc4)N3N2)cc1. The first-order valence-electron chi connectivity index (χ1n) is 10.3. The standard InChI is InChI=1S/C25H24N2O4/c1-29-19-10-6-17(7-11-19)22-16-23-21-4-2-3-5-24(21)31-25(27(23)26-22)18-8-12-20(13-9-18)30-15-14-28/h2-13,16,23,25-26,28H,14-15H2,1H3/t23-,25+/m1/s1. The molecule has 0 saturated heterocycles. The first kappa shape index (κ1) is 19.5. The fourth-order valence-electron chi connectivity index (χ4n) is 3.99. The van der Waals surface area contributed by atoms with Crippen molar-refractivity contribution in [3.63, 3.8) is 0 Å². The third kappa shape index (κ3) is 3.71. The minimum Gasteiger partial charge on any atom is -0.497 e. The molecule has 5 rings (SSSR count). The van der Waals surface area contributed by atoms with Gasteiger partial charge in [-0.15, -0.1) is 0 Å². The summed E-state index contributed by atoms with van der Waals surface area (Å²) in [6, 6.07) is 24.0. The van der Waals surface area contributed by atoms with E-state index < -0.39 is 0 Å². The third-order valence-corrected chi connectivity index (χ3v) is 5.53.